The molecule has 1 aliphatic heterocycles. The monoisotopic (exact) mass is 536 g/mol. The first-order chi connectivity index (χ1) is 17.3. The minimum atomic E-state index is -4.44. The molecule has 1 amide bonds. The predicted octanol–water partition coefficient (Wildman–Crippen LogP) is 5.73. The average molecular weight is 537 g/mol. The molecule has 0 bridgehead atoms. The zero-order valence-electron chi connectivity index (χ0n) is 21.0. The molecule has 37 heavy (non-hydrogen) atoms. The van der Waals surface area contributed by atoms with Gasteiger partial charge in [0.05, 0.1) is 21.4 Å². The number of hydrogen-bond acceptors (Lipinski definition) is 5. The SMILES string of the molecule is CC(C)(C)[C@H](NC(=O)C1=C(OCc2ccc(C(F)(F)F)cc2)C2N=C(C3CCCC3)SC2C=C1)C(=O)O. The quantitative estimate of drug-likeness (QED) is 0.465. The highest BCUT2D eigenvalue weighted by Crippen LogP contribution is 2.43. The molecule has 4 rings (SSSR count). The average Bonchev–Trinajstić information content (AvgIpc) is 3.49. The van der Waals surface area contributed by atoms with Crippen molar-refractivity contribution < 1.29 is 32.6 Å². The largest absolute Gasteiger partial charge is 0.490 e. The van der Waals surface area contributed by atoms with E-state index >= 15 is 0 Å². The van der Waals surface area contributed by atoms with E-state index in [1.165, 1.54) is 12.1 Å². The lowest BCUT2D eigenvalue weighted by atomic mass is 9.86. The van der Waals surface area contributed by atoms with E-state index in [4.69, 9.17) is 9.73 Å². The van der Waals surface area contributed by atoms with Crippen molar-refractivity contribution in [1.82, 2.24) is 5.32 Å². The first kappa shape index (κ1) is 27.3. The summed E-state index contributed by atoms with van der Waals surface area (Å²) in [5.41, 5.74) is -0.798. The third kappa shape index (κ3) is 6.22. The van der Waals surface area contributed by atoms with E-state index in [-0.39, 0.29) is 17.4 Å². The summed E-state index contributed by atoms with van der Waals surface area (Å²) in [6.45, 7) is 5.12. The molecule has 1 aromatic rings. The number of carboxylic acid groups (broad SMARTS) is 1. The van der Waals surface area contributed by atoms with E-state index in [0.717, 1.165) is 42.9 Å². The van der Waals surface area contributed by atoms with Crippen LogP contribution in [0.1, 0.15) is 57.6 Å². The Bertz CT molecular complexity index is 1130. The smallest absolute Gasteiger partial charge is 0.416 e. The third-order valence-electron chi connectivity index (χ3n) is 6.83. The van der Waals surface area contributed by atoms with Crippen LogP contribution in [0.5, 0.6) is 0 Å². The van der Waals surface area contributed by atoms with Gasteiger partial charge in [0.2, 0.25) is 0 Å². The van der Waals surface area contributed by atoms with Crippen LogP contribution in [0.2, 0.25) is 0 Å². The van der Waals surface area contributed by atoms with E-state index in [9.17, 15) is 27.9 Å². The van der Waals surface area contributed by atoms with Crippen LogP contribution in [-0.4, -0.2) is 39.4 Å². The van der Waals surface area contributed by atoms with Crippen LogP contribution in [0.15, 0.2) is 52.7 Å². The molecule has 3 aliphatic rings. The van der Waals surface area contributed by atoms with Crippen LogP contribution in [0.4, 0.5) is 13.2 Å². The van der Waals surface area contributed by atoms with Gasteiger partial charge >= 0.3 is 12.1 Å². The zero-order valence-corrected chi connectivity index (χ0v) is 21.8. The van der Waals surface area contributed by atoms with Gasteiger partial charge < -0.3 is 15.2 Å². The number of benzene rings is 1. The molecule has 0 saturated heterocycles. The molecule has 1 heterocycles. The van der Waals surface area contributed by atoms with Crippen LogP contribution in [0.3, 0.4) is 0 Å². The van der Waals surface area contributed by atoms with Crippen molar-refractivity contribution in [3.63, 3.8) is 0 Å². The van der Waals surface area contributed by atoms with Gasteiger partial charge in [0, 0.05) is 5.92 Å². The second-order valence-electron chi connectivity index (χ2n) is 10.7. The van der Waals surface area contributed by atoms with Crippen molar-refractivity contribution in [2.75, 3.05) is 0 Å². The van der Waals surface area contributed by atoms with Crippen LogP contribution in [-0.2, 0) is 27.1 Å². The maximum Gasteiger partial charge on any atom is 0.416 e. The van der Waals surface area contributed by atoms with E-state index in [2.05, 4.69) is 5.32 Å². The standard InChI is InChI=1S/C27H31F3N2O4S/c1-26(2,3)22(25(34)35)32-23(33)18-12-13-19-20(31-24(37-19)16-6-4-5-7-16)21(18)36-14-15-8-10-17(11-9-15)27(28,29)30/h8-13,16,19-20,22H,4-7,14H2,1-3H3,(H,32,33)(H,34,35)/t19?,20?,22-/m1/s1. The lowest BCUT2D eigenvalue weighted by molar-refractivity contribution is -0.144. The Morgan fingerprint density at radius 1 is 1.16 bits per heavy atom. The molecule has 0 spiro atoms. The first-order valence-corrected chi connectivity index (χ1v) is 13.2. The van der Waals surface area contributed by atoms with Gasteiger partial charge in [-0.15, -0.1) is 11.8 Å². The minimum Gasteiger partial charge on any atom is -0.490 e. The van der Waals surface area contributed by atoms with E-state index in [1.54, 1.807) is 38.6 Å². The van der Waals surface area contributed by atoms with Gasteiger partial charge in [0.25, 0.3) is 5.91 Å². The Hall–Kier alpha value is -2.75. The number of carbonyl (C=O) groups excluding carboxylic acids is 1. The summed E-state index contributed by atoms with van der Waals surface area (Å²) in [4.78, 5) is 30.1. The number of nitrogens with zero attached hydrogens (tertiary/aromatic N) is 1. The second kappa shape index (κ2) is 10.6. The topological polar surface area (TPSA) is 88.0 Å². The fourth-order valence-corrected chi connectivity index (χ4v) is 6.12. The number of ether oxygens (including phenoxy) is 1. The lowest BCUT2D eigenvalue weighted by Crippen LogP contribution is -2.49. The summed E-state index contributed by atoms with van der Waals surface area (Å²) in [5, 5.41) is 13.3. The number of rotatable bonds is 7. The van der Waals surface area contributed by atoms with E-state index in [0.29, 0.717) is 17.2 Å². The number of fused-ring (bicyclic) bond motifs is 1. The number of nitrogens with one attached hydrogen (secondary N) is 1. The van der Waals surface area contributed by atoms with Gasteiger partial charge in [-0.1, -0.05) is 51.8 Å². The molecule has 2 N–H and O–H groups in total. The highest BCUT2D eigenvalue weighted by molar-refractivity contribution is 8.15. The van der Waals surface area contributed by atoms with Crippen molar-refractivity contribution in [3.05, 3.63) is 58.9 Å². The highest BCUT2D eigenvalue weighted by Gasteiger charge is 2.41. The van der Waals surface area contributed by atoms with Crippen molar-refractivity contribution in [3.8, 4) is 0 Å². The van der Waals surface area contributed by atoms with Crippen LogP contribution >= 0.6 is 11.8 Å². The Kier molecular flexibility index (Phi) is 7.78. The number of thioether (sulfide) groups is 1. The van der Waals surface area contributed by atoms with Crippen LogP contribution < -0.4 is 5.32 Å². The summed E-state index contributed by atoms with van der Waals surface area (Å²) in [5.74, 6) is -1.04. The number of aliphatic carboxylic acids is 1. The molecule has 6 nitrogen and oxygen atoms in total. The summed E-state index contributed by atoms with van der Waals surface area (Å²) < 4.78 is 44.9. The normalized spacial score (nSPS) is 23.0. The van der Waals surface area contributed by atoms with Gasteiger partial charge in [0.1, 0.15) is 24.4 Å². The Balaban J connectivity index is 1.62. The molecule has 0 aromatic heterocycles. The van der Waals surface area contributed by atoms with Gasteiger partial charge in [-0.3, -0.25) is 9.79 Å². The number of aliphatic imine (C=N–C) groups is 1. The molecule has 3 atom stereocenters. The lowest BCUT2D eigenvalue weighted by Gasteiger charge is -2.29. The van der Waals surface area contributed by atoms with Gasteiger partial charge in [0.15, 0.2) is 0 Å². The maximum absolute atomic E-state index is 13.3. The molecule has 1 saturated carbocycles. The zero-order chi connectivity index (χ0) is 27.0. The number of halogens is 3. The maximum atomic E-state index is 13.3. The van der Waals surface area contributed by atoms with Crippen LogP contribution in [0.25, 0.3) is 0 Å². The number of amides is 1. The third-order valence-corrected chi connectivity index (χ3v) is 8.20. The molecular formula is C27H31F3N2O4S. The summed E-state index contributed by atoms with van der Waals surface area (Å²) in [6.07, 6.45) is 3.54. The summed E-state index contributed by atoms with van der Waals surface area (Å²) in [7, 11) is 0. The van der Waals surface area contributed by atoms with Crippen molar-refractivity contribution in [2.45, 2.75) is 76.6 Å². The van der Waals surface area contributed by atoms with Crippen molar-refractivity contribution in [2.24, 2.45) is 16.3 Å². The van der Waals surface area contributed by atoms with Gasteiger partial charge in [-0.05, 0) is 42.0 Å². The molecular weight excluding hydrogens is 505 g/mol. The molecule has 1 aromatic carbocycles. The van der Waals surface area contributed by atoms with Gasteiger partial charge in [-0.2, -0.15) is 13.2 Å². The molecule has 200 valence electrons. The number of alkyl halides is 3. The first-order valence-electron chi connectivity index (χ1n) is 12.3. The molecule has 2 unspecified atom stereocenters. The fraction of sp³-hybridized carbons (Fsp3) is 0.519. The fourth-order valence-electron chi connectivity index (χ4n) is 4.76. The Morgan fingerprint density at radius 3 is 2.38 bits per heavy atom. The molecule has 1 fully saturated rings. The minimum absolute atomic E-state index is 0.0537. The second-order valence-corrected chi connectivity index (χ2v) is 11.9. The molecule has 2 aliphatic carbocycles. The van der Waals surface area contributed by atoms with Crippen molar-refractivity contribution >= 4 is 28.7 Å². The molecule has 10 heteroatoms. The van der Waals surface area contributed by atoms with E-state index < -0.39 is 41.1 Å². The predicted molar refractivity (Wildman–Crippen MR) is 136 cm³/mol. The molecule has 0 radical (unpaired) electrons. The number of hydrogen-bond donors (Lipinski definition) is 2. The number of carboxylic acids is 1. The Morgan fingerprint density at radius 2 is 1.81 bits per heavy atom. The van der Waals surface area contributed by atoms with E-state index in [1.807, 2.05) is 6.08 Å². The number of carbonyl (C=O) groups is 2. The van der Waals surface area contributed by atoms with Gasteiger partial charge in [-0.25, -0.2) is 4.79 Å². The van der Waals surface area contributed by atoms with Crippen molar-refractivity contribution in [1.29, 1.82) is 0 Å². The summed E-state index contributed by atoms with van der Waals surface area (Å²) >= 11 is 1.66. The highest BCUT2D eigenvalue weighted by atomic mass is 32.2. The Labute approximate surface area is 218 Å². The summed E-state index contributed by atoms with van der Waals surface area (Å²) in [6, 6.07) is 3.08. The van der Waals surface area contributed by atoms with Crippen LogP contribution in [0, 0.1) is 11.3 Å².